The van der Waals surface area contributed by atoms with Gasteiger partial charge in [-0.25, -0.2) is 0 Å². The van der Waals surface area contributed by atoms with Crippen LogP contribution < -0.4 is 0 Å². The fourth-order valence-electron chi connectivity index (χ4n) is 3.30. The smallest absolute Gasteiger partial charge is 0.0216 e. The van der Waals surface area contributed by atoms with Gasteiger partial charge in [0.25, 0.3) is 0 Å². The lowest BCUT2D eigenvalue weighted by molar-refractivity contribution is 1.27. The van der Waals surface area contributed by atoms with Gasteiger partial charge >= 0.3 is 0 Å². The third-order valence-corrected chi connectivity index (χ3v) is 5.17. The summed E-state index contributed by atoms with van der Waals surface area (Å²) in [5, 5.41) is 2.63. The molecular weight excluding hydrogens is 320 g/mol. The molecule has 3 aromatic carbocycles. The van der Waals surface area contributed by atoms with E-state index in [0.29, 0.717) is 0 Å². The van der Waals surface area contributed by atoms with Gasteiger partial charge in [0.1, 0.15) is 0 Å². The fourth-order valence-corrected chi connectivity index (χ4v) is 3.75. The Kier molecular flexibility index (Phi) is 2.97. The van der Waals surface area contributed by atoms with Crippen LogP contribution in [0.25, 0.3) is 28.0 Å². The summed E-state index contributed by atoms with van der Waals surface area (Å²) >= 11 is 3.73. The molecule has 102 valence electrons. The molecule has 4 rings (SSSR count). The zero-order valence-corrected chi connectivity index (χ0v) is 13.4. The molecule has 0 N–H and O–H groups in total. The SMILES string of the molecule is Cc1c(Br)cc2c(c1-c1cccc3ccccc13)CC=C2. The Labute approximate surface area is 133 Å². The van der Waals surface area contributed by atoms with Gasteiger partial charge in [-0.2, -0.15) is 0 Å². The van der Waals surface area contributed by atoms with Crippen LogP contribution in [0.1, 0.15) is 16.7 Å². The molecule has 0 amide bonds. The van der Waals surface area contributed by atoms with Crippen LogP contribution >= 0.6 is 15.9 Å². The van der Waals surface area contributed by atoms with Gasteiger partial charge in [0.15, 0.2) is 0 Å². The average molecular weight is 335 g/mol. The van der Waals surface area contributed by atoms with Gasteiger partial charge in [-0.05, 0) is 58.0 Å². The quantitative estimate of drug-likeness (QED) is 0.500. The summed E-state index contributed by atoms with van der Waals surface area (Å²) in [6.45, 7) is 2.21. The van der Waals surface area contributed by atoms with E-state index in [9.17, 15) is 0 Å². The van der Waals surface area contributed by atoms with Gasteiger partial charge in [-0.15, -0.1) is 0 Å². The van der Waals surface area contributed by atoms with E-state index in [1.807, 2.05) is 0 Å². The first-order valence-electron chi connectivity index (χ1n) is 7.22. The summed E-state index contributed by atoms with van der Waals surface area (Å²) in [5.41, 5.74) is 6.85. The highest BCUT2D eigenvalue weighted by atomic mass is 79.9. The summed E-state index contributed by atoms with van der Waals surface area (Å²) in [4.78, 5) is 0. The van der Waals surface area contributed by atoms with Crippen LogP contribution in [0.4, 0.5) is 0 Å². The first-order chi connectivity index (χ1) is 10.3. The molecule has 0 unspecified atom stereocenters. The highest BCUT2D eigenvalue weighted by molar-refractivity contribution is 9.10. The van der Waals surface area contributed by atoms with Crippen molar-refractivity contribution in [2.45, 2.75) is 13.3 Å². The molecule has 1 heteroatoms. The van der Waals surface area contributed by atoms with Gasteiger partial charge in [0.2, 0.25) is 0 Å². The van der Waals surface area contributed by atoms with Gasteiger partial charge in [-0.3, -0.25) is 0 Å². The van der Waals surface area contributed by atoms with Crippen molar-refractivity contribution in [2.75, 3.05) is 0 Å². The Bertz CT molecular complexity index is 882. The average Bonchev–Trinajstić information content (AvgIpc) is 2.96. The van der Waals surface area contributed by atoms with E-state index in [2.05, 4.69) is 83.5 Å². The molecule has 0 aromatic heterocycles. The summed E-state index contributed by atoms with van der Waals surface area (Å²) < 4.78 is 1.19. The van der Waals surface area contributed by atoms with Crippen LogP contribution in [0.2, 0.25) is 0 Å². The van der Waals surface area contributed by atoms with E-state index in [0.717, 1.165) is 6.42 Å². The second-order valence-corrected chi connectivity index (χ2v) is 6.41. The van der Waals surface area contributed by atoms with Crippen LogP contribution in [0, 0.1) is 6.92 Å². The Hall–Kier alpha value is -1.86. The fraction of sp³-hybridized carbons (Fsp3) is 0.100. The molecule has 0 atom stereocenters. The van der Waals surface area contributed by atoms with Gasteiger partial charge in [0, 0.05) is 4.47 Å². The minimum Gasteiger partial charge on any atom is -0.0795 e. The van der Waals surface area contributed by atoms with Crippen LogP contribution in [0.5, 0.6) is 0 Å². The predicted octanol–water partition coefficient (Wildman–Crippen LogP) is 6.15. The van der Waals surface area contributed by atoms with E-state index < -0.39 is 0 Å². The van der Waals surface area contributed by atoms with Crippen LogP contribution in [-0.4, -0.2) is 0 Å². The maximum absolute atomic E-state index is 3.73. The third kappa shape index (κ3) is 1.96. The molecule has 0 saturated heterocycles. The normalized spacial score (nSPS) is 12.9. The van der Waals surface area contributed by atoms with Crippen LogP contribution in [0.3, 0.4) is 0 Å². The monoisotopic (exact) mass is 334 g/mol. The molecular formula is C20H15Br. The lowest BCUT2D eigenvalue weighted by atomic mass is 9.89. The molecule has 0 spiro atoms. The number of hydrogen-bond acceptors (Lipinski definition) is 0. The second-order valence-electron chi connectivity index (χ2n) is 5.56. The van der Waals surface area contributed by atoms with Crippen LogP contribution in [0.15, 0.2) is 59.1 Å². The highest BCUT2D eigenvalue weighted by Gasteiger charge is 2.18. The Morgan fingerprint density at radius 3 is 2.71 bits per heavy atom. The zero-order valence-electron chi connectivity index (χ0n) is 11.9. The highest BCUT2D eigenvalue weighted by Crippen LogP contribution is 2.40. The minimum absolute atomic E-state index is 1.03. The van der Waals surface area contributed by atoms with Gasteiger partial charge < -0.3 is 0 Å². The number of allylic oxidation sites excluding steroid dienone is 1. The van der Waals surface area contributed by atoms with E-state index in [1.54, 1.807) is 0 Å². The minimum atomic E-state index is 1.03. The molecule has 0 nitrogen and oxygen atoms in total. The van der Waals surface area contributed by atoms with Crippen molar-refractivity contribution in [1.29, 1.82) is 0 Å². The van der Waals surface area contributed by atoms with E-state index in [1.165, 1.54) is 43.1 Å². The molecule has 1 aliphatic carbocycles. The van der Waals surface area contributed by atoms with E-state index in [-0.39, 0.29) is 0 Å². The summed E-state index contributed by atoms with van der Waals surface area (Å²) in [5.74, 6) is 0. The molecule has 0 radical (unpaired) electrons. The molecule has 1 aliphatic rings. The van der Waals surface area contributed by atoms with Gasteiger partial charge in [-0.1, -0.05) is 70.5 Å². The van der Waals surface area contributed by atoms with Crippen molar-refractivity contribution in [3.8, 4) is 11.1 Å². The van der Waals surface area contributed by atoms with Crippen LogP contribution in [-0.2, 0) is 6.42 Å². The summed E-state index contributed by atoms with van der Waals surface area (Å²) in [6, 6.07) is 17.5. The molecule has 21 heavy (non-hydrogen) atoms. The van der Waals surface area contributed by atoms with Crippen molar-refractivity contribution in [3.05, 3.63) is 75.8 Å². The Morgan fingerprint density at radius 1 is 1.00 bits per heavy atom. The number of fused-ring (bicyclic) bond motifs is 2. The number of benzene rings is 3. The molecule has 0 fully saturated rings. The zero-order chi connectivity index (χ0) is 14.4. The van der Waals surface area contributed by atoms with Crippen molar-refractivity contribution in [2.24, 2.45) is 0 Å². The van der Waals surface area contributed by atoms with E-state index in [4.69, 9.17) is 0 Å². The number of hydrogen-bond donors (Lipinski definition) is 0. The predicted molar refractivity (Wildman–Crippen MR) is 94.6 cm³/mol. The largest absolute Gasteiger partial charge is 0.0795 e. The lowest BCUT2D eigenvalue weighted by Gasteiger charge is -2.16. The number of rotatable bonds is 1. The van der Waals surface area contributed by atoms with Gasteiger partial charge in [0.05, 0.1) is 0 Å². The maximum Gasteiger partial charge on any atom is 0.0216 e. The number of halogens is 1. The molecule has 3 aromatic rings. The van der Waals surface area contributed by atoms with Crippen molar-refractivity contribution >= 4 is 32.8 Å². The first kappa shape index (κ1) is 12.8. The summed E-state index contributed by atoms with van der Waals surface area (Å²) in [7, 11) is 0. The molecule has 0 saturated carbocycles. The maximum atomic E-state index is 3.73. The van der Waals surface area contributed by atoms with E-state index >= 15 is 0 Å². The molecule has 0 heterocycles. The van der Waals surface area contributed by atoms with Crippen molar-refractivity contribution < 1.29 is 0 Å². The summed E-state index contributed by atoms with van der Waals surface area (Å²) in [6.07, 6.45) is 5.52. The Balaban J connectivity index is 2.11. The first-order valence-corrected chi connectivity index (χ1v) is 8.01. The topological polar surface area (TPSA) is 0 Å². The lowest BCUT2D eigenvalue weighted by Crippen LogP contribution is -1.95. The standard InChI is InChI=1S/C20H15Br/c1-13-19(21)12-15-8-5-10-17(15)20(13)18-11-4-7-14-6-2-3-9-16(14)18/h2-9,11-12H,10H2,1H3. The second kappa shape index (κ2) is 4.85. The molecule has 0 bridgehead atoms. The third-order valence-electron chi connectivity index (χ3n) is 4.34. The Morgan fingerprint density at radius 2 is 1.81 bits per heavy atom. The van der Waals surface area contributed by atoms with Crippen molar-refractivity contribution in [3.63, 3.8) is 0 Å². The van der Waals surface area contributed by atoms with Crippen molar-refractivity contribution in [1.82, 2.24) is 0 Å². The molecule has 0 aliphatic heterocycles.